The van der Waals surface area contributed by atoms with Gasteiger partial charge in [0.05, 0.1) is 18.8 Å². The lowest BCUT2D eigenvalue weighted by Crippen LogP contribution is -2.50. The van der Waals surface area contributed by atoms with Crippen molar-refractivity contribution in [3.05, 3.63) is 29.3 Å². The van der Waals surface area contributed by atoms with Gasteiger partial charge in [-0.05, 0) is 36.5 Å². The van der Waals surface area contributed by atoms with Crippen LogP contribution in [-0.4, -0.2) is 55.1 Å². The van der Waals surface area contributed by atoms with E-state index in [9.17, 15) is 9.59 Å². The van der Waals surface area contributed by atoms with Crippen LogP contribution in [0.4, 0.5) is 5.69 Å². The molecule has 3 aliphatic heterocycles. The first kappa shape index (κ1) is 20.3. The molecule has 3 N–H and O–H groups in total. The van der Waals surface area contributed by atoms with Gasteiger partial charge in [0.15, 0.2) is 0 Å². The van der Waals surface area contributed by atoms with Crippen molar-refractivity contribution in [1.82, 2.24) is 15.5 Å². The van der Waals surface area contributed by atoms with Crippen LogP contribution in [0.15, 0.2) is 18.2 Å². The van der Waals surface area contributed by atoms with Crippen LogP contribution in [0.5, 0.6) is 0 Å². The lowest BCUT2D eigenvalue weighted by atomic mass is 10.0. The monoisotopic (exact) mass is 400 g/mol. The quantitative estimate of drug-likeness (QED) is 0.456. The standard InChI is InChI=1S/C22H32N4O3/c27-21-9-8-20(22(28)25-21)26-14-16-5-4-7-19(18(16)15-26)24-10-3-1-2-6-17-13-23-11-12-29-17/h4-5,7,17,20,23-24H,1-3,6,8-15H2,(H,25,27,28)/t17-,20?/m1/s1. The Kier molecular flexibility index (Phi) is 6.79. The van der Waals surface area contributed by atoms with Gasteiger partial charge in [-0.25, -0.2) is 0 Å². The van der Waals surface area contributed by atoms with E-state index in [0.717, 1.165) is 52.2 Å². The normalized spacial score (nSPS) is 25.0. The van der Waals surface area contributed by atoms with Crippen LogP contribution in [-0.2, 0) is 27.4 Å². The molecule has 1 aromatic carbocycles. The number of unbranched alkanes of at least 4 members (excludes halogenated alkanes) is 2. The summed E-state index contributed by atoms with van der Waals surface area (Å²) in [4.78, 5) is 25.8. The zero-order valence-electron chi connectivity index (χ0n) is 17.0. The summed E-state index contributed by atoms with van der Waals surface area (Å²) in [5, 5.41) is 9.46. The van der Waals surface area contributed by atoms with Crippen LogP contribution in [0.3, 0.4) is 0 Å². The molecule has 29 heavy (non-hydrogen) atoms. The number of benzene rings is 1. The Balaban J connectivity index is 1.22. The molecule has 4 rings (SSSR count). The summed E-state index contributed by atoms with van der Waals surface area (Å²) < 4.78 is 5.75. The summed E-state index contributed by atoms with van der Waals surface area (Å²) in [5.41, 5.74) is 3.75. The van der Waals surface area contributed by atoms with Crippen molar-refractivity contribution in [2.24, 2.45) is 0 Å². The number of piperidine rings is 1. The topological polar surface area (TPSA) is 82.7 Å². The molecule has 0 radical (unpaired) electrons. The summed E-state index contributed by atoms with van der Waals surface area (Å²) in [7, 11) is 0. The van der Waals surface area contributed by atoms with Crippen molar-refractivity contribution in [2.45, 2.75) is 63.8 Å². The fourth-order valence-electron chi connectivity index (χ4n) is 4.57. The van der Waals surface area contributed by atoms with Gasteiger partial charge >= 0.3 is 0 Å². The number of hydrogen-bond donors (Lipinski definition) is 3. The Morgan fingerprint density at radius 2 is 2.10 bits per heavy atom. The van der Waals surface area contributed by atoms with E-state index in [-0.39, 0.29) is 17.9 Å². The van der Waals surface area contributed by atoms with E-state index in [1.807, 2.05) is 0 Å². The minimum absolute atomic E-state index is 0.152. The number of ether oxygens (including phenoxy) is 1. The molecule has 1 unspecified atom stereocenters. The third kappa shape index (κ3) is 5.15. The summed E-state index contributed by atoms with van der Waals surface area (Å²) in [5.74, 6) is -0.308. The predicted molar refractivity (Wildman–Crippen MR) is 111 cm³/mol. The van der Waals surface area contributed by atoms with Gasteiger partial charge in [0, 0.05) is 44.8 Å². The molecule has 2 fully saturated rings. The highest BCUT2D eigenvalue weighted by atomic mass is 16.5. The smallest absolute Gasteiger partial charge is 0.243 e. The molecule has 2 saturated heterocycles. The lowest BCUT2D eigenvalue weighted by Gasteiger charge is -2.29. The molecule has 0 aliphatic carbocycles. The Hall–Kier alpha value is -1.96. The number of imide groups is 1. The molecule has 3 aliphatic rings. The van der Waals surface area contributed by atoms with Crippen LogP contribution in [0.1, 0.15) is 49.7 Å². The second-order valence-electron chi connectivity index (χ2n) is 8.29. The van der Waals surface area contributed by atoms with Crippen molar-refractivity contribution in [2.75, 3.05) is 31.6 Å². The molecule has 1 aromatic rings. The first-order valence-corrected chi connectivity index (χ1v) is 11.0. The number of carbonyl (C=O) groups excluding carboxylic acids is 2. The fraction of sp³-hybridized carbons (Fsp3) is 0.636. The number of nitrogens with zero attached hydrogens (tertiary/aromatic N) is 1. The van der Waals surface area contributed by atoms with Crippen molar-refractivity contribution >= 4 is 17.5 Å². The molecular weight excluding hydrogens is 368 g/mol. The second-order valence-corrected chi connectivity index (χ2v) is 8.29. The summed E-state index contributed by atoms with van der Waals surface area (Å²) in [6.07, 6.45) is 6.09. The highest BCUT2D eigenvalue weighted by Gasteiger charge is 2.35. The first-order chi connectivity index (χ1) is 14.2. The van der Waals surface area contributed by atoms with Gasteiger partial charge in [-0.2, -0.15) is 0 Å². The maximum absolute atomic E-state index is 12.2. The minimum atomic E-state index is -0.204. The number of fused-ring (bicyclic) bond motifs is 1. The molecule has 3 heterocycles. The van der Waals surface area contributed by atoms with E-state index in [2.05, 4.69) is 39.0 Å². The van der Waals surface area contributed by atoms with Crippen LogP contribution >= 0.6 is 0 Å². The molecule has 0 saturated carbocycles. The average Bonchev–Trinajstić information content (AvgIpc) is 3.16. The summed E-state index contributed by atoms with van der Waals surface area (Å²) >= 11 is 0. The van der Waals surface area contributed by atoms with E-state index in [4.69, 9.17) is 4.74 Å². The average molecular weight is 401 g/mol. The third-order valence-corrected chi connectivity index (χ3v) is 6.18. The van der Waals surface area contributed by atoms with Gasteiger partial charge < -0.3 is 15.4 Å². The van der Waals surface area contributed by atoms with Gasteiger partial charge in [-0.3, -0.25) is 19.8 Å². The van der Waals surface area contributed by atoms with Crippen LogP contribution in [0.2, 0.25) is 0 Å². The van der Waals surface area contributed by atoms with E-state index in [1.165, 1.54) is 29.7 Å². The Labute approximate surface area is 172 Å². The van der Waals surface area contributed by atoms with Crippen molar-refractivity contribution in [3.63, 3.8) is 0 Å². The van der Waals surface area contributed by atoms with E-state index < -0.39 is 0 Å². The summed E-state index contributed by atoms with van der Waals surface area (Å²) in [6.45, 7) is 5.28. The van der Waals surface area contributed by atoms with Gasteiger partial charge in [0.2, 0.25) is 11.8 Å². The van der Waals surface area contributed by atoms with Gasteiger partial charge in [-0.15, -0.1) is 0 Å². The number of amides is 2. The molecule has 158 valence electrons. The largest absolute Gasteiger partial charge is 0.385 e. The maximum Gasteiger partial charge on any atom is 0.243 e. The lowest BCUT2D eigenvalue weighted by molar-refractivity contribution is -0.137. The van der Waals surface area contributed by atoms with Gasteiger partial charge in [-0.1, -0.05) is 25.0 Å². The Morgan fingerprint density at radius 3 is 2.93 bits per heavy atom. The number of hydrogen-bond acceptors (Lipinski definition) is 6. The van der Waals surface area contributed by atoms with E-state index in [1.54, 1.807) is 0 Å². The van der Waals surface area contributed by atoms with Crippen LogP contribution in [0.25, 0.3) is 0 Å². The van der Waals surface area contributed by atoms with Crippen molar-refractivity contribution in [1.29, 1.82) is 0 Å². The summed E-state index contributed by atoms with van der Waals surface area (Å²) in [6, 6.07) is 6.16. The van der Waals surface area contributed by atoms with Gasteiger partial charge in [0.25, 0.3) is 0 Å². The molecule has 0 bridgehead atoms. The number of rotatable bonds is 8. The highest BCUT2D eigenvalue weighted by Crippen LogP contribution is 2.32. The third-order valence-electron chi connectivity index (χ3n) is 6.18. The predicted octanol–water partition coefficient (Wildman–Crippen LogP) is 1.77. The minimum Gasteiger partial charge on any atom is -0.385 e. The molecular formula is C22H32N4O3. The molecule has 2 atom stereocenters. The molecule has 7 heteroatoms. The highest BCUT2D eigenvalue weighted by molar-refractivity contribution is 6.00. The first-order valence-electron chi connectivity index (χ1n) is 11.0. The molecule has 7 nitrogen and oxygen atoms in total. The van der Waals surface area contributed by atoms with Crippen LogP contribution in [0, 0.1) is 0 Å². The Morgan fingerprint density at radius 1 is 1.17 bits per heavy atom. The number of morpholine rings is 1. The molecule has 0 spiro atoms. The second kappa shape index (κ2) is 9.69. The zero-order chi connectivity index (χ0) is 20.1. The fourth-order valence-corrected chi connectivity index (χ4v) is 4.57. The van der Waals surface area contributed by atoms with Crippen LogP contribution < -0.4 is 16.0 Å². The SMILES string of the molecule is O=C1CCC(N2Cc3cccc(NCCCCC[C@@H]4CNCCO4)c3C2)C(=O)N1. The molecule has 2 amide bonds. The van der Waals surface area contributed by atoms with Crippen molar-refractivity contribution in [3.8, 4) is 0 Å². The van der Waals surface area contributed by atoms with Crippen molar-refractivity contribution < 1.29 is 14.3 Å². The molecule has 0 aromatic heterocycles. The van der Waals surface area contributed by atoms with Gasteiger partial charge in [0.1, 0.15) is 0 Å². The van der Waals surface area contributed by atoms with E-state index in [0.29, 0.717) is 18.9 Å². The Bertz CT molecular complexity index is 733. The number of anilines is 1. The number of nitrogens with one attached hydrogen (secondary N) is 3. The zero-order valence-corrected chi connectivity index (χ0v) is 17.0. The van der Waals surface area contributed by atoms with E-state index >= 15 is 0 Å². The maximum atomic E-state index is 12.2. The number of carbonyl (C=O) groups is 2.